The highest BCUT2D eigenvalue weighted by molar-refractivity contribution is 5.74. The molecule has 0 radical (unpaired) electrons. The lowest BCUT2D eigenvalue weighted by molar-refractivity contribution is -0.333. The van der Waals surface area contributed by atoms with E-state index in [9.17, 15) is 45.0 Å². The molecule has 2 aliphatic heterocycles. The van der Waals surface area contributed by atoms with Gasteiger partial charge in [-0.2, -0.15) is 0 Å². The van der Waals surface area contributed by atoms with Crippen molar-refractivity contribution in [3.63, 3.8) is 0 Å². The Kier molecular flexibility index (Phi) is 10.1. The van der Waals surface area contributed by atoms with E-state index in [4.69, 9.17) is 18.9 Å². The summed E-state index contributed by atoms with van der Waals surface area (Å²) in [7, 11) is 0. The number of aliphatic hydroxyl groups excluding tert-OH is 5. The van der Waals surface area contributed by atoms with Gasteiger partial charge in [-0.1, -0.05) is 0 Å². The normalized spacial score (nSPS) is 39.2. The second kappa shape index (κ2) is 12.1. The van der Waals surface area contributed by atoms with Crippen LogP contribution >= 0.6 is 0 Å². The van der Waals surface area contributed by atoms with Crippen molar-refractivity contribution in [2.45, 2.75) is 88.2 Å². The molecule has 8 N–H and O–H groups in total. The van der Waals surface area contributed by atoms with Crippen LogP contribution in [-0.2, 0) is 33.3 Å². The number of hydrogen-bond acceptors (Lipinski definition) is 12. The van der Waals surface area contributed by atoms with Crippen LogP contribution in [0.3, 0.4) is 0 Å². The molecule has 196 valence electrons. The van der Waals surface area contributed by atoms with Crippen molar-refractivity contribution in [1.29, 1.82) is 0 Å². The number of nitrogens with one attached hydrogen (secondary N) is 2. The predicted molar refractivity (Wildman–Crippen MR) is 108 cm³/mol. The van der Waals surface area contributed by atoms with Gasteiger partial charge in [0.25, 0.3) is 0 Å². The molecule has 0 aromatic rings. The number of carboxylic acids is 1. The molecule has 0 aromatic heterocycles. The van der Waals surface area contributed by atoms with E-state index in [0.29, 0.717) is 0 Å². The van der Waals surface area contributed by atoms with Gasteiger partial charge < -0.3 is 60.2 Å². The van der Waals surface area contributed by atoms with Crippen LogP contribution in [0.25, 0.3) is 0 Å². The molecule has 2 saturated heterocycles. The average molecular weight is 496 g/mol. The van der Waals surface area contributed by atoms with Crippen LogP contribution in [0.4, 0.5) is 0 Å². The molecule has 2 fully saturated rings. The highest BCUT2D eigenvalue weighted by Gasteiger charge is 2.52. The van der Waals surface area contributed by atoms with Crippen LogP contribution < -0.4 is 10.6 Å². The van der Waals surface area contributed by atoms with Gasteiger partial charge in [-0.05, 0) is 6.92 Å². The van der Waals surface area contributed by atoms with Gasteiger partial charge in [0.1, 0.15) is 48.7 Å². The van der Waals surface area contributed by atoms with Gasteiger partial charge in [0.05, 0.1) is 13.2 Å². The number of aliphatic hydroxyl groups is 5. The highest BCUT2D eigenvalue weighted by Crippen LogP contribution is 2.30. The van der Waals surface area contributed by atoms with E-state index in [1.807, 2.05) is 0 Å². The molecule has 0 aromatic carbocycles. The van der Waals surface area contributed by atoms with Crippen molar-refractivity contribution in [2.24, 2.45) is 0 Å². The van der Waals surface area contributed by atoms with E-state index in [1.54, 1.807) is 0 Å². The van der Waals surface area contributed by atoms with Crippen molar-refractivity contribution in [3.8, 4) is 0 Å². The maximum absolute atomic E-state index is 11.7. The molecule has 1 unspecified atom stereocenters. The summed E-state index contributed by atoms with van der Waals surface area (Å²) in [4.78, 5) is 34.8. The standard InChI is InChI=1S/C19H32N2O13/c1-6(17(28)29)31-16-12(21-8(3)25)18(30)32-10(5-23)15(16)34-19-11(20-7(2)24)14(27)13(26)9(4-22)33-19/h6,9-16,18-19,22-23,26-27,30H,4-5H2,1-3H3,(H,20,24)(H,21,25)(H,28,29)/t6-,9+,10+,11+,12+,13+,14+,15+,16+,18?,19-/m0/s1. The zero-order valence-electron chi connectivity index (χ0n) is 18.8. The van der Waals surface area contributed by atoms with Gasteiger partial charge >= 0.3 is 5.97 Å². The largest absolute Gasteiger partial charge is 0.479 e. The molecule has 2 amide bonds. The van der Waals surface area contributed by atoms with E-state index in [1.165, 1.54) is 6.92 Å². The molecule has 0 spiro atoms. The number of carboxylic acid groups (broad SMARTS) is 1. The number of hydrogen-bond donors (Lipinski definition) is 8. The topological polar surface area (TPSA) is 234 Å². The summed E-state index contributed by atoms with van der Waals surface area (Å²) in [6, 6.07) is -2.71. The third-order valence-corrected chi connectivity index (χ3v) is 5.47. The Labute approximate surface area is 194 Å². The van der Waals surface area contributed by atoms with Crippen molar-refractivity contribution < 1.29 is 64.0 Å². The van der Waals surface area contributed by atoms with Crippen molar-refractivity contribution in [3.05, 3.63) is 0 Å². The maximum Gasteiger partial charge on any atom is 0.332 e. The number of amides is 2. The Morgan fingerprint density at radius 1 is 0.882 bits per heavy atom. The fourth-order valence-corrected chi connectivity index (χ4v) is 3.82. The second-order valence-corrected chi connectivity index (χ2v) is 8.09. The lowest BCUT2D eigenvalue weighted by atomic mass is 9.94. The minimum atomic E-state index is -1.72. The average Bonchev–Trinajstić information content (AvgIpc) is 2.76. The van der Waals surface area contributed by atoms with Crippen LogP contribution in [0.2, 0.25) is 0 Å². The Morgan fingerprint density at radius 2 is 1.44 bits per heavy atom. The summed E-state index contributed by atoms with van der Waals surface area (Å²) >= 11 is 0. The van der Waals surface area contributed by atoms with Crippen LogP contribution in [-0.4, -0.2) is 129 Å². The first-order valence-electron chi connectivity index (χ1n) is 10.6. The van der Waals surface area contributed by atoms with Crippen LogP contribution in [0, 0.1) is 0 Å². The molecule has 15 heteroatoms. The first-order chi connectivity index (χ1) is 15.9. The lowest BCUT2D eigenvalue weighted by Gasteiger charge is -2.48. The number of carbonyl (C=O) groups excluding carboxylic acids is 2. The minimum Gasteiger partial charge on any atom is -0.479 e. The molecule has 2 aliphatic rings. The monoisotopic (exact) mass is 496 g/mol. The van der Waals surface area contributed by atoms with Gasteiger partial charge in [-0.25, -0.2) is 4.79 Å². The SMILES string of the molecule is CC(=O)N[C@H]1[C@H](O[C@H]2[C@H](O[C@@H](C)C(=O)O)[C@@H](NC(C)=O)C(O)O[C@@H]2CO)O[C@H](CO)[C@@H](O)[C@@H]1O. The molecule has 0 bridgehead atoms. The van der Waals surface area contributed by atoms with Crippen molar-refractivity contribution >= 4 is 17.8 Å². The zero-order chi connectivity index (χ0) is 25.7. The molecular formula is C19H32N2O13. The minimum absolute atomic E-state index is 0.616. The molecule has 34 heavy (non-hydrogen) atoms. The summed E-state index contributed by atoms with van der Waals surface area (Å²) in [6.45, 7) is 2.00. The summed E-state index contributed by atoms with van der Waals surface area (Å²) in [6.07, 6.45) is -13.5. The van der Waals surface area contributed by atoms with Crippen LogP contribution in [0.1, 0.15) is 20.8 Å². The second-order valence-electron chi connectivity index (χ2n) is 8.09. The maximum atomic E-state index is 11.7. The van der Waals surface area contributed by atoms with Crippen molar-refractivity contribution in [1.82, 2.24) is 10.6 Å². The molecule has 0 saturated carbocycles. The zero-order valence-corrected chi connectivity index (χ0v) is 18.8. The van der Waals surface area contributed by atoms with E-state index < -0.39 is 98.4 Å². The fourth-order valence-electron chi connectivity index (χ4n) is 3.82. The quantitative estimate of drug-likeness (QED) is 0.150. The number of rotatable bonds is 9. The van der Waals surface area contributed by atoms with E-state index in [0.717, 1.165) is 13.8 Å². The molecule has 2 heterocycles. The summed E-state index contributed by atoms with van der Waals surface area (Å²) < 4.78 is 22.3. The Hall–Kier alpha value is -1.95. The third-order valence-electron chi connectivity index (χ3n) is 5.47. The molecule has 2 rings (SSSR count). The first-order valence-corrected chi connectivity index (χ1v) is 10.6. The third kappa shape index (κ3) is 6.59. The Bertz CT molecular complexity index is 724. The molecule has 0 aliphatic carbocycles. The van der Waals surface area contributed by atoms with E-state index in [2.05, 4.69) is 10.6 Å². The highest BCUT2D eigenvalue weighted by atomic mass is 16.7. The smallest absolute Gasteiger partial charge is 0.332 e. The fraction of sp³-hybridized carbons (Fsp3) is 0.842. The molecular weight excluding hydrogens is 464 g/mol. The summed E-state index contributed by atoms with van der Waals surface area (Å²) in [5.74, 6) is -2.60. The van der Waals surface area contributed by atoms with E-state index in [-0.39, 0.29) is 0 Å². The summed E-state index contributed by atoms with van der Waals surface area (Å²) in [5, 5.41) is 64.4. The number of aliphatic carboxylic acids is 1. The Balaban J connectivity index is 2.44. The summed E-state index contributed by atoms with van der Waals surface area (Å²) in [5.41, 5.74) is 0. The van der Waals surface area contributed by atoms with Crippen molar-refractivity contribution in [2.75, 3.05) is 13.2 Å². The van der Waals surface area contributed by atoms with Gasteiger partial charge in [0.2, 0.25) is 11.8 Å². The Morgan fingerprint density at radius 3 is 1.94 bits per heavy atom. The predicted octanol–water partition coefficient (Wildman–Crippen LogP) is -4.61. The number of ether oxygens (including phenoxy) is 4. The van der Waals surface area contributed by atoms with Gasteiger partial charge in [0.15, 0.2) is 18.7 Å². The number of carbonyl (C=O) groups is 3. The van der Waals surface area contributed by atoms with E-state index >= 15 is 0 Å². The van der Waals surface area contributed by atoms with Gasteiger partial charge in [-0.3, -0.25) is 9.59 Å². The molecule has 15 nitrogen and oxygen atoms in total. The van der Waals surface area contributed by atoms with Gasteiger partial charge in [0, 0.05) is 13.8 Å². The van der Waals surface area contributed by atoms with Gasteiger partial charge in [-0.15, -0.1) is 0 Å². The molecule has 11 atom stereocenters. The lowest BCUT2D eigenvalue weighted by Crippen LogP contribution is -2.69. The van der Waals surface area contributed by atoms with Crippen LogP contribution in [0.5, 0.6) is 0 Å². The van der Waals surface area contributed by atoms with Crippen LogP contribution in [0.15, 0.2) is 0 Å². The first kappa shape index (κ1) is 28.3.